The van der Waals surface area contributed by atoms with E-state index in [2.05, 4.69) is 27.2 Å². The van der Waals surface area contributed by atoms with Gasteiger partial charge in [-0.05, 0) is 28.5 Å². The minimum Gasteiger partial charge on any atom is -0.383 e. The third-order valence-corrected chi connectivity index (χ3v) is 3.24. The van der Waals surface area contributed by atoms with Crippen LogP contribution in [0.25, 0.3) is 0 Å². The second-order valence-electron chi connectivity index (χ2n) is 3.78. The minimum atomic E-state index is 0.735. The fraction of sp³-hybridized carbons (Fsp3) is 0.417. The summed E-state index contributed by atoms with van der Waals surface area (Å²) in [6.45, 7) is 3.27. The van der Waals surface area contributed by atoms with Crippen LogP contribution in [0.15, 0.2) is 29.1 Å². The molecule has 0 radical (unpaired) electrons. The predicted molar refractivity (Wildman–Crippen MR) is 69.2 cm³/mol. The van der Waals surface area contributed by atoms with Gasteiger partial charge in [-0.25, -0.2) is 0 Å². The number of hydrogen-bond acceptors (Lipinski definition) is 4. The van der Waals surface area contributed by atoms with E-state index in [0.29, 0.717) is 0 Å². The van der Waals surface area contributed by atoms with Crippen molar-refractivity contribution in [3.8, 4) is 0 Å². The molecule has 17 heavy (non-hydrogen) atoms. The van der Waals surface area contributed by atoms with Gasteiger partial charge in [0.2, 0.25) is 0 Å². The first-order valence-electron chi connectivity index (χ1n) is 5.61. The fourth-order valence-electron chi connectivity index (χ4n) is 1.60. The van der Waals surface area contributed by atoms with E-state index < -0.39 is 0 Å². The Bertz CT molecular complexity index is 425. The zero-order valence-corrected chi connectivity index (χ0v) is 10.7. The maximum Gasteiger partial charge on any atom is 0.0671 e. The highest BCUT2D eigenvalue weighted by Gasteiger charge is 2.03. The third kappa shape index (κ3) is 3.66. The van der Waals surface area contributed by atoms with Gasteiger partial charge in [0.05, 0.1) is 18.8 Å². The van der Waals surface area contributed by atoms with Crippen molar-refractivity contribution in [3.63, 3.8) is 0 Å². The normalized spacial score (nSPS) is 10.9. The number of aromatic nitrogens is 2. The van der Waals surface area contributed by atoms with Crippen molar-refractivity contribution in [3.05, 3.63) is 40.3 Å². The summed E-state index contributed by atoms with van der Waals surface area (Å²) in [6.07, 6.45) is 1.85. The average molecular weight is 251 g/mol. The molecule has 92 valence electrons. The molecule has 2 heterocycles. The number of hydrogen-bond donors (Lipinski definition) is 1. The fourth-order valence-corrected chi connectivity index (χ4v) is 2.26. The first kappa shape index (κ1) is 12.3. The zero-order chi connectivity index (χ0) is 11.9. The maximum absolute atomic E-state index is 4.99. The molecule has 5 heteroatoms. The van der Waals surface area contributed by atoms with Crippen LogP contribution in [-0.4, -0.2) is 30.0 Å². The van der Waals surface area contributed by atoms with Crippen molar-refractivity contribution < 1.29 is 4.74 Å². The van der Waals surface area contributed by atoms with Crippen LogP contribution in [0.2, 0.25) is 0 Å². The van der Waals surface area contributed by atoms with Gasteiger partial charge in [0, 0.05) is 26.4 Å². The Morgan fingerprint density at radius 3 is 3.18 bits per heavy atom. The summed E-state index contributed by atoms with van der Waals surface area (Å²) in [5, 5.41) is 11.9. The number of methoxy groups -OCH3 is 1. The molecule has 0 saturated carbocycles. The Kier molecular flexibility index (Phi) is 4.73. The Labute approximate surface area is 105 Å². The molecule has 2 aromatic rings. The monoisotopic (exact) mass is 251 g/mol. The minimum absolute atomic E-state index is 0.735. The smallest absolute Gasteiger partial charge is 0.0671 e. The van der Waals surface area contributed by atoms with Crippen LogP contribution in [0.1, 0.15) is 11.3 Å². The number of nitrogens with one attached hydrogen (secondary N) is 1. The molecule has 0 saturated heterocycles. The van der Waals surface area contributed by atoms with Crippen molar-refractivity contribution in [1.82, 2.24) is 15.1 Å². The van der Waals surface area contributed by atoms with E-state index in [1.54, 1.807) is 18.4 Å². The lowest BCUT2D eigenvalue weighted by atomic mass is 10.3. The van der Waals surface area contributed by atoms with Gasteiger partial charge in [0.1, 0.15) is 0 Å². The molecule has 0 amide bonds. The van der Waals surface area contributed by atoms with E-state index in [1.807, 2.05) is 16.9 Å². The van der Waals surface area contributed by atoms with Crippen LogP contribution in [-0.2, 0) is 17.8 Å². The maximum atomic E-state index is 4.99. The highest BCUT2D eigenvalue weighted by molar-refractivity contribution is 7.07. The Morgan fingerprint density at radius 2 is 2.41 bits per heavy atom. The van der Waals surface area contributed by atoms with Gasteiger partial charge in [-0.15, -0.1) is 0 Å². The highest BCUT2D eigenvalue weighted by Crippen LogP contribution is 2.09. The summed E-state index contributed by atoms with van der Waals surface area (Å²) in [7, 11) is 1.71. The van der Waals surface area contributed by atoms with Crippen LogP contribution in [0, 0.1) is 0 Å². The second-order valence-corrected chi connectivity index (χ2v) is 4.56. The SMILES string of the molecule is COCCNCc1ccnn1Cc1ccsc1. The molecule has 0 spiro atoms. The molecule has 1 N–H and O–H groups in total. The molecule has 0 unspecified atom stereocenters. The lowest BCUT2D eigenvalue weighted by Gasteiger charge is -2.07. The summed E-state index contributed by atoms with van der Waals surface area (Å²) < 4.78 is 7.02. The third-order valence-electron chi connectivity index (χ3n) is 2.51. The van der Waals surface area contributed by atoms with Crippen LogP contribution in [0.4, 0.5) is 0 Å². The topological polar surface area (TPSA) is 39.1 Å². The molecule has 4 nitrogen and oxygen atoms in total. The van der Waals surface area contributed by atoms with Crippen molar-refractivity contribution in [2.45, 2.75) is 13.1 Å². The Hall–Kier alpha value is -1.17. The first-order chi connectivity index (χ1) is 8.40. The second kappa shape index (κ2) is 6.54. The first-order valence-corrected chi connectivity index (χ1v) is 6.56. The quantitative estimate of drug-likeness (QED) is 0.762. The van der Waals surface area contributed by atoms with Crippen molar-refractivity contribution in [2.24, 2.45) is 0 Å². The van der Waals surface area contributed by atoms with E-state index in [-0.39, 0.29) is 0 Å². The Morgan fingerprint density at radius 1 is 1.47 bits per heavy atom. The van der Waals surface area contributed by atoms with Crippen LogP contribution < -0.4 is 5.32 Å². The van der Waals surface area contributed by atoms with Gasteiger partial charge in [0.15, 0.2) is 0 Å². The van der Waals surface area contributed by atoms with E-state index in [9.17, 15) is 0 Å². The van der Waals surface area contributed by atoms with Gasteiger partial charge < -0.3 is 10.1 Å². The average Bonchev–Trinajstić information content (AvgIpc) is 2.97. The summed E-state index contributed by atoms with van der Waals surface area (Å²) >= 11 is 1.72. The molecule has 0 aromatic carbocycles. The van der Waals surface area contributed by atoms with Gasteiger partial charge in [0.25, 0.3) is 0 Å². The molecule has 0 aliphatic rings. The van der Waals surface area contributed by atoms with Crippen molar-refractivity contribution >= 4 is 11.3 Å². The summed E-state index contributed by atoms with van der Waals surface area (Å²) in [5.41, 5.74) is 2.50. The van der Waals surface area contributed by atoms with E-state index in [0.717, 1.165) is 26.2 Å². The van der Waals surface area contributed by atoms with E-state index in [4.69, 9.17) is 4.74 Å². The van der Waals surface area contributed by atoms with Crippen LogP contribution >= 0.6 is 11.3 Å². The molecule has 0 fully saturated rings. The highest BCUT2D eigenvalue weighted by atomic mass is 32.1. The summed E-state index contributed by atoms with van der Waals surface area (Å²) in [6, 6.07) is 4.18. The van der Waals surface area contributed by atoms with Crippen LogP contribution in [0.5, 0.6) is 0 Å². The van der Waals surface area contributed by atoms with Gasteiger partial charge in [-0.2, -0.15) is 16.4 Å². The molecule has 0 atom stereocenters. The summed E-state index contributed by atoms with van der Waals surface area (Å²) in [4.78, 5) is 0. The standard InChI is InChI=1S/C12H17N3OS/c1-16-6-5-13-8-12-2-4-14-15(12)9-11-3-7-17-10-11/h2-4,7,10,13H,5-6,8-9H2,1H3. The van der Waals surface area contributed by atoms with E-state index in [1.165, 1.54) is 11.3 Å². The largest absolute Gasteiger partial charge is 0.383 e. The summed E-state index contributed by atoms with van der Waals surface area (Å²) in [5.74, 6) is 0. The van der Waals surface area contributed by atoms with Gasteiger partial charge in [-0.3, -0.25) is 4.68 Å². The predicted octanol–water partition coefficient (Wildman–Crippen LogP) is 1.73. The molecule has 0 aliphatic heterocycles. The van der Waals surface area contributed by atoms with Gasteiger partial charge >= 0.3 is 0 Å². The van der Waals surface area contributed by atoms with Gasteiger partial charge in [-0.1, -0.05) is 0 Å². The zero-order valence-electron chi connectivity index (χ0n) is 9.93. The van der Waals surface area contributed by atoms with Crippen LogP contribution in [0.3, 0.4) is 0 Å². The number of ether oxygens (including phenoxy) is 1. The number of rotatable bonds is 7. The lowest BCUT2D eigenvalue weighted by Crippen LogP contribution is -2.21. The molecule has 0 aliphatic carbocycles. The Balaban J connectivity index is 1.88. The molecule has 0 bridgehead atoms. The molecule has 2 aromatic heterocycles. The lowest BCUT2D eigenvalue weighted by molar-refractivity contribution is 0.199. The molecule has 2 rings (SSSR count). The number of nitrogens with zero attached hydrogens (tertiary/aromatic N) is 2. The molecular formula is C12H17N3OS. The van der Waals surface area contributed by atoms with Crippen molar-refractivity contribution in [1.29, 1.82) is 0 Å². The molecular weight excluding hydrogens is 234 g/mol. The van der Waals surface area contributed by atoms with Crippen molar-refractivity contribution in [2.75, 3.05) is 20.3 Å². The number of thiophene rings is 1. The van der Waals surface area contributed by atoms with E-state index >= 15 is 0 Å².